The Kier molecular flexibility index (Phi) is 8.30. The van der Waals surface area contributed by atoms with Gasteiger partial charge in [-0.2, -0.15) is 0 Å². The maximum atomic E-state index is 11.6. The molecule has 0 rings (SSSR count). The third kappa shape index (κ3) is 9.15. The van der Waals surface area contributed by atoms with Gasteiger partial charge in [-0.25, -0.2) is 9.59 Å². The zero-order chi connectivity index (χ0) is 15.7. The monoisotopic (exact) mass is 288 g/mol. The second-order valence-electron chi connectivity index (χ2n) is 5.01. The summed E-state index contributed by atoms with van der Waals surface area (Å²) in [5.41, 5.74) is 4.96. The number of carboxylic acids is 1. The Morgan fingerprint density at radius 2 is 1.80 bits per heavy atom. The van der Waals surface area contributed by atoms with Crippen molar-refractivity contribution >= 4 is 17.9 Å². The number of rotatable bonds is 9. The Hall–Kier alpha value is -1.83. The first-order valence-corrected chi connectivity index (χ1v) is 6.45. The fourth-order valence-corrected chi connectivity index (χ4v) is 1.49. The molecule has 116 valence electrons. The average molecular weight is 288 g/mol. The van der Waals surface area contributed by atoms with Crippen LogP contribution in [0.4, 0.5) is 4.79 Å². The number of hydrogen-bond donors (Lipinski definition) is 4. The van der Waals surface area contributed by atoms with Gasteiger partial charge < -0.3 is 26.4 Å². The first-order chi connectivity index (χ1) is 9.22. The molecule has 0 radical (unpaired) electrons. The fourth-order valence-electron chi connectivity index (χ4n) is 1.49. The lowest BCUT2D eigenvalue weighted by molar-refractivity contribution is -0.139. The molecule has 0 saturated carbocycles. The zero-order valence-corrected chi connectivity index (χ0v) is 12.2. The largest absolute Gasteiger partial charge is 0.480 e. The highest BCUT2D eigenvalue weighted by molar-refractivity contribution is 5.83. The standard InChI is InChI=1S/C12H24N4O4/c1-8(6-7-16(2)3)14-12(20)15-9(11(18)19)4-5-10(13)17/h8-9H,4-7H2,1-3H3,(H2,13,17)(H,18,19)(H2,14,15,20)/t8?,9-/m1/s1. The second kappa shape index (κ2) is 9.13. The van der Waals surface area contributed by atoms with E-state index in [4.69, 9.17) is 10.8 Å². The number of nitrogens with two attached hydrogens (primary N) is 1. The van der Waals surface area contributed by atoms with Crippen molar-refractivity contribution < 1.29 is 19.5 Å². The Labute approximate surface area is 118 Å². The van der Waals surface area contributed by atoms with Gasteiger partial charge in [0, 0.05) is 12.5 Å². The molecule has 0 spiro atoms. The minimum atomic E-state index is -1.19. The van der Waals surface area contributed by atoms with E-state index in [0.717, 1.165) is 13.0 Å². The first-order valence-electron chi connectivity index (χ1n) is 6.45. The number of carboxylic acid groups (broad SMARTS) is 1. The van der Waals surface area contributed by atoms with Crippen LogP contribution in [-0.2, 0) is 9.59 Å². The molecule has 0 aromatic carbocycles. The highest BCUT2D eigenvalue weighted by Crippen LogP contribution is 1.98. The molecule has 0 aromatic rings. The number of hydrogen-bond acceptors (Lipinski definition) is 4. The van der Waals surface area contributed by atoms with E-state index >= 15 is 0 Å². The zero-order valence-electron chi connectivity index (χ0n) is 12.2. The Bertz CT molecular complexity index is 346. The van der Waals surface area contributed by atoms with E-state index in [0.29, 0.717) is 0 Å². The molecule has 20 heavy (non-hydrogen) atoms. The van der Waals surface area contributed by atoms with Gasteiger partial charge in [-0.1, -0.05) is 0 Å². The van der Waals surface area contributed by atoms with Crippen molar-refractivity contribution in [3.63, 3.8) is 0 Å². The molecule has 3 amide bonds. The first kappa shape index (κ1) is 18.2. The summed E-state index contributed by atoms with van der Waals surface area (Å²) in [4.78, 5) is 35.2. The van der Waals surface area contributed by atoms with Crippen LogP contribution in [0.25, 0.3) is 0 Å². The molecule has 0 heterocycles. The second-order valence-corrected chi connectivity index (χ2v) is 5.01. The van der Waals surface area contributed by atoms with Gasteiger partial charge in [-0.15, -0.1) is 0 Å². The van der Waals surface area contributed by atoms with E-state index < -0.39 is 23.9 Å². The Morgan fingerprint density at radius 1 is 1.20 bits per heavy atom. The number of nitrogens with zero attached hydrogens (tertiary/aromatic N) is 1. The topological polar surface area (TPSA) is 125 Å². The summed E-state index contributed by atoms with van der Waals surface area (Å²) in [6, 6.07) is -1.76. The van der Waals surface area contributed by atoms with E-state index in [2.05, 4.69) is 10.6 Å². The molecule has 5 N–H and O–H groups in total. The van der Waals surface area contributed by atoms with Gasteiger partial charge in [0.25, 0.3) is 0 Å². The summed E-state index contributed by atoms with van der Waals surface area (Å²) in [6.45, 7) is 2.65. The van der Waals surface area contributed by atoms with Crippen LogP contribution in [0.5, 0.6) is 0 Å². The average Bonchev–Trinajstić information content (AvgIpc) is 2.31. The SMILES string of the molecule is CC(CCN(C)C)NC(=O)N[C@H](CCC(N)=O)C(=O)O. The molecule has 0 saturated heterocycles. The van der Waals surface area contributed by atoms with Crippen molar-refractivity contribution in [2.75, 3.05) is 20.6 Å². The smallest absolute Gasteiger partial charge is 0.326 e. The fraction of sp³-hybridized carbons (Fsp3) is 0.750. The Morgan fingerprint density at radius 3 is 2.25 bits per heavy atom. The van der Waals surface area contributed by atoms with Crippen LogP contribution < -0.4 is 16.4 Å². The number of carbonyl (C=O) groups excluding carboxylic acids is 2. The van der Waals surface area contributed by atoms with Crippen LogP contribution in [0.15, 0.2) is 0 Å². The van der Waals surface area contributed by atoms with E-state index in [9.17, 15) is 14.4 Å². The molecular formula is C12H24N4O4. The molecule has 1 unspecified atom stereocenters. The van der Waals surface area contributed by atoms with Gasteiger partial charge in [0.15, 0.2) is 0 Å². The maximum Gasteiger partial charge on any atom is 0.326 e. The molecule has 0 aliphatic carbocycles. The lowest BCUT2D eigenvalue weighted by atomic mass is 10.1. The van der Waals surface area contributed by atoms with Gasteiger partial charge in [0.05, 0.1) is 0 Å². The van der Waals surface area contributed by atoms with E-state index in [-0.39, 0.29) is 18.9 Å². The van der Waals surface area contributed by atoms with Gasteiger partial charge in [-0.05, 0) is 40.4 Å². The minimum absolute atomic E-state index is 0.0236. The predicted molar refractivity (Wildman–Crippen MR) is 74.2 cm³/mol. The predicted octanol–water partition coefficient (Wildman–Crippen LogP) is -0.655. The van der Waals surface area contributed by atoms with Crippen LogP contribution in [0, 0.1) is 0 Å². The molecule has 0 fully saturated rings. The minimum Gasteiger partial charge on any atom is -0.480 e. The van der Waals surface area contributed by atoms with Gasteiger partial charge in [0.1, 0.15) is 6.04 Å². The number of primary amides is 1. The molecule has 2 atom stereocenters. The highest BCUT2D eigenvalue weighted by Gasteiger charge is 2.21. The molecule has 8 nitrogen and oxygen atoms in total. The summed E-state index contributed by atoms with van der Waals surface area (Å²) in [5.74, 6) is -1.79. The summed E-state index contributed by atoms with van der Waals surface area (Å²) < 4.78 is 0. The van der Waals surface area contributed by atoms with Crippen molar-refractivity contribution in [3.8, 4) is 0 Å². The van der Waals surface area contributed by atoms with Crippen molar-refractivity contribution in [2.24, 2.45) is 5.73 Å². The molecular weight excluding hydrogens is 264 g/mol. The van der Waals surface area contributed by atoms with Crippen LogP contribution in [-0.4, -0.2) is 60.6 Å². The van der Waals surface area contributed by atoms with Crippen molar-refractivity contribution in [2.45, 2.75) is 38.3 Å². The normalized spacial score (nSPS) is 13.6. The third-order valence-corrected chi connectivity index (χ3v) is 2.67. The van der Waals surface area contributed by atoms with Crippen LogP contribution in [0.1, 0.15) is 26.2 Å². The number of nitrogens with one attached hydrogen (secondary N) is 2. The van der Waals surface area contributed by atoms with E-state index in [1.54, 1.807) is 0 Å². The third-order valence-electron chi connectivity index (χ3n) is 2.67. The van der Waals surface area contributed by atoms with Gasteiger partial charge in [0.2, 0.25) is 5.91 Å². The van der Waals surface area contributed by atoms with Crippen LogP contribution in [0.3, 0.4) is 0 Å². The molecule has 8 heteroatoms. The summed E-state index contributed by atoms with van der Waals surface area (Å²) in [5, 5.41) is 13.9. The van der Waals surface area contributed by atoms with Gasteiger partial charge >= 0.3 is 12.0 Å². The lowest BCUT2D eigenvalue weighted by Crippen LogP contribution is -2.49. The van der Waals surface area contributed by atoms with E-state index in [1.807, 2.05) is 25.9 Å². The summed E-state index contributed by atoms with van der Waals surface area (Å²) in [7, 11) is 3.86. The number of amides is 3. The van der Waals surface area contributed by atoms with Crippen molar-refractivity contribution in [1.29, 1.82) is 0 Å². The molecule has 0 aliphatic heterocycles. The highest BCUT2D eigenvalue weighted by atomic mass is 16.4. The Balaban J connectivity index is 4.18. The van der Waals surface area contributed by atoms with Crippen molar-refractivity contribution in [1.82, 2.24) is 15.5 Å². The molecule has 0 aliphatic rings. The maximum absolute atomic E-state index is 11.6. The molecule has 0 bridgehead atoms. The lowest BCUT2D eigenvalue weighted by Gasteiger charge is -2.19. The number of carbonyl (C=O) groups is 3. The quantitative estimate of drug-likeness (QED) is 0.448. The summed E-state index contributed by atoms with van der Waals surface area (Å²) in [6.07, 6.45) is 0.636. The molecule has 0 aromatic heterocycles. The van der Waals surface area contributed by atoms with E-state index in [1.165, 1.54) is 0 Å². The van der Waals surface area contributed by atoms with Gasteiger partial charge in [-0.3, -0.25) is 4.79 Å². The number of aliphatic carboxylic acids is 1. The summed E-state index contributed by atoms with van der Waals surface area (Å²) >= 11 is 0. The van der Waals surface area contributed by atoms with Crippen LogP contribution >= 0.6 is 0 Å². The van der Waals surface area contributed by atoms with Crippen molar-refractivity contribution in [3.05, 3.63) is 0 Å². The number of urea groups is 1. The van der Waals surface area contributed by atoms with Crippen LogP contribution in [0.2, 0.25) is 0 Å².